The van der Waals surface area contributed by atoms with Crippen LogP contribution in [0.5, 0.6) is 0 Å². The number of fused-ring (bicyclic) bond motifs is 2. The van der Waals surface area contributed by atoms with Gasteiger partial charge >= 0.3 is 41.9 Å². The first-order chi connectivity index (χ1) is 29.2. The zero-order valence-corrected chi connectivity index (χ0v) is 44.3. The summed E-state index contributed by atoms with van der Waals surface area (Å²) in [6.45, 7) is 13.9. The van der Waals surface area contributed by atoms with Gasteiger partial charge in [0.2, 0.25) is 0 Å². The second-order valence-corrected chi connectivity index (χ2v) is 28.4. The molecule has 0 unspecified atom stereocenters. The molecule has 2 aliphatic rings. The summed E-state index contributed by atoms with van der Waals surface area (Å²) < 4.78 is 0. The van der Waals surface area contributed by atoms with Crippen LogP contribution < -0.4 is 24.8 Å². The van der Waals surface area contributed by atoms with Crippen LogP contribution in [-0.2, 0) is 49.0 Å². The minimum atomic E-state index is 0. The van der Waals surface area contributed by atoms with Crippen LogP contribution in [0.15, 0.2) is 109 Å². The predicted octanol–water partition coefficient (Wildman–Crippen LogP) is 11.7. The van der Waals surface area contributed by atoms with Gasteiger partial charge in [-0.3, -0.25) is 0 Å². The second-order valence-electron chi connectivity index (χ2n) is 19.0. The molecule has 2 fully saturated rings. The number of benzene rings is 4. The molecular formula is C58H76Cl2SiZr-2. The third-order valence-corrected chi connectivity index (χ3v) is 14.5. The molecule has 0 aliphatic heterocycles. The minimum absolute atomic E-state index is 0. The molecule has 0 heterocycles. The standard InChI is InChI=1S/2C28H35.C2H6Si.2ClH.Zr/c2*1-3-22-13-15-24(16-14-22)26-12-10-11-25-19-23(20-27(25)26)21-28(4-2)17-8-6-5-7-9-18-28;1-3-2;;;/h2*10-16,19-20H,3-9,17-18,21H2,1-2H3;1-2H3;2*1H;/q2*-1;;;;+2/p-2. The smallest absolute Gasteiger partial charge is 1.00 e. The Kier molecular flexibility index (Phi) is 22.0. The van der Waals surface area contributed by atoms with E-state index in [0.29, 0.717) is 10.8 Å². The monoisotopic (exact) mass is 960 g/mol. The molecule has 0 aromatic heterocycles. The van der Waals surface area contributed by atoms with Crippen LogP contribution in [0, 0.1) is 10.8 Å². The van der Waals surface area contributed by atoms with Crippen molar-refractivity contribution in [1.29, 1.82) is 0 Å². The molecule has 6 aromatic carbocycles. The Hall–Kier alpha value is -2.22. The van der Waals surface area contributed by atoms with E-state index in [0.717, 1.165) is 12.8 Å². The summed E-state index contributed by atoms with van der Waals surface area (Å²) >= 11 is 1.74. The Balaban J connectivity index is 0.000000244. The van der Waals surface area contributed by atoms with Crippen molar-refractivity contribution >= 4 is 27.0 Å². The van der Waals surface area contributed by atoms with Crippen molar-refractivity contribution in [3.05, 3.63) is 131 Å². The van der Waals surface area contributed by atoms with E-state index in [1.807, 2.05) is 0 Å². The van der Waals surface area contributed by atoms with Crippen LogP contribution in [0.2, 0.25) is 13.1 Å². The van der Waals surface area contributed by atoms with Crippen LogP contribution in [0.25, 0.3) is 43.8 Å². The largest absolute Gasteiger partial charge is 1.00 e. The van der Waals surface area contributed by atoms with E-state index in [1.54, 1.807) is 34.5 Å². The van der Waals surface area contributed by atoms with E-state index in [9.17, 15) is 0 Å². The maximum absolute atomic E-state index is 2.49. The summed E-state index contributed by atoms with van der Waals surface area (Å²) in [6.07, 6.45) is 27.3. The van der Waals surface area contributed by atoms with Crippen molar-refractivity contribution in [2.75, 3.05) is 0 Å². The van der Waals surface area contributed by atoms with Crippen molar-refractivity contribution in [3.63, 3.8) is 0 Å². The summed E-state index contributed by atoms with van der Waals surface area (Å²) in [5, 5.41) is 5.67. The SMILES string of the molecule is CCc1ccc(-c2cccc3[cH-]c(CC4(CC)CCCCCCC4)cc23)cc1.CCc1ccc(-c2cccc3[cH-]c(CC4(CC)CCCCCCC4)cc23)cc1.C[Si](C)=[Zr+2].[Cl-].[Cl-]. The molecule has 8 rings (SSSR count). The van der Waals surface area contributed by atoms with E-state index in [2.05, 4.69) is 150 Å². The van der Waals surface area contributed by atoms with E-state index in [4.69, 9.17) is 0 Å². The normalized spacial score (nSPS) is 16.1. The molecule has 0 bridgehead atoms. The van der Waals surface area contributed by atoms with Gasteiger partial charge in [-0.25, -0.2) is 0 Å². The molecule has 0 nitrogen and oxygen atoms in total. The average molecular weight is 963 g/mol. The Morgan fingerprint density at radius 3 is 1.11 bits per heavy atom. The summed E-state index contributed by atoms with van der Waals surface area (Å²) in [5.41, 5.74) is 12.6. The third-order valence-electron chi connectivity index (χ3n) is 14.5. The quantitative estimate of drug-likeness (QED) is 0.0948. The second kappa shape index (κ2) is 26.1. The van der Waals surface area contributed by atoms with Crippen molar-refractivity contribution in [2.24, 2.45) is 10.8 Å². The number of halogens is 2. The van der Waals surface area contributed by atoms with Gasteiger partial charge in [0.25, 0.3) is 0 Å². The summed E-state index contributed by atoms with van der Waals surface area (Å²) in [7, 11) is 0. The van der Waals surface area contributed by atoms with Gasteiger partial charge in [0.15, 0.2) is 0 Å². The molecule has 0 atom stereocenters. The van der Waals surface area contributed by atoms with Gasteiger partial charge in [0, 0.05) is 0 Å². The van der Waals surface area contributed by atoms with Crippen LogP contribution >= 0.6 is 0 Å². The van der Waals surface area contributed by atoms with Crippen molar-refractivity contribution in [2.45, 2.75) is 169 Å². The van der Waals surface area contributed by atoms with Gasteiger partial charge in [-0.05, 0) is 84.5 Å². The predicted molar refractivity (Wildman–Crippen MR) is 264 cm³/mol. The zero-order valence-electron chi connectivity index (χ0n) is 39.3. The molecular weight excluding hydrogens is 887 g/mol. The molecule has 0 N–H and O–H groups in total. The van der Waals surface area contributed by atoms with E-state index < -0.39 is 0 Å². The fourth-order valence-electron chi connectivity index (χ4n) is 10.6. The van der Waals surface area contributed by atoms with Gasteiger partial charge in [-0.2, -0.15) is 12.1 Å². The Morgan fingerprint density at radius 2 is 0.806 bits per heavy atom. The molecule has 0 saturated heterocycles. The molecule has 332 valence electrons. The van der Waals surface area contributed by atoms with E-state index >= 15 is 0 Å². The molecule has 2 saturated carbocycles. The van der Waals surface area contributed by atoms with E-state index in [1.165, 1.54) is 171 Å². The average Bonchev–Trinajstić information content (AvgIpc) is 3.86. The summed E-state index contributed by atoms with van der Waals surface area (Å²) in [6, 6.07) is 41.8. The number of hydrogen-bond donors (Lipinski definition) is 0. The topological polar surface area (TPSA) is 0 Å². The number of rotatable bonds is 10. The van der Waals surface area contributed by atoms with Crippen LogP contribution in [0.4, 0.5) is 0 Å². The molecule has 0 spiro atoms. The molecule has 62 heavy (non-hydrogen) atoms. The Morgan fingerprint density at radius 1 is 0.484 bits per heavy atom. The first-order valence-electron chi connectivity index (χ1n) is 24.3. The van der Waals surface area contributed by atoms with E-state index in [-0.39, 0.29) is 30.2 Å². The minimum Gasteiger partial charge on any atom is -1.00 e. The van der Waals surface area contributed by atoms with Gasteiger partial charge in [0.05, 0.1) is 0 Å². The van der Waals surface area contributed by atoms with Crippen LogP contribution in [0.3, 0.4) is 0 Å². The summed E-state index contributed by atoms with van der Waals surface area (Å²) in [4.78, 5) is 0. The zero-order chi connectivity index (χ0) is 42.4. The molecule has 0 amide bonds. The van der Waals surface area contributed by atoms with Crippen molar-refractivity contribution in [3.8, 4) is 22.3 Å². The van der Waals surface area contributed by atoms with Crippen molar-refractivity contribution in [1.82, 2.24) is 0 Å². The molecule has 2 aliphatic carbocycles. The fourth-order valence-corrected chi connectivity index (χ4v) is 10.6. The van der Waals surface area contributed by atoms with Gasteiger partial charge < -0.3 is 24.8 Å². The first-order valence-corrected chi connectivity index (χ1v) is 30.4. The third kappa shape index (κ3) is 14.4. The Bertz CT molecular complexity index is 2050. The van der Waals surface area contributed by atoms with Crippen LogP contribution in [-0.4, -0.2) is 5.43 Å². The molecule has 6 aromatic rings. The number of aryl methyl sites for hydroxylation is 2. The summed E-state index contributed by atoms with van der Waals surface area (Å²) in [5.74, 6) is 0. The van der Waals surface area contributed by atoms with Gasteiger partial charge in [-0.1, -0.05) is 177 Å². The van der Waals surface area contributed by atoms with Gasteiger partial charge in [0.1, 0.15) is 0 Å². The number of hydrogen-bond acceptors (Lipinski definition) is 0. The van der Waals surface area contributed by atoms with Crippen LogP contribution in [0.1, 0.15) is 153 Å². The molecule has 4 heteroatoms. The maximum Gasteiger partial charge on any atom is -1.00 e. The Labute approximate surface area is 405 Å². The maximum atomic E-state index is 2.49. The molecule has 0 radical (unpaired) electrons. The fraction of sp³-hybridized carbons (Fsp3) is 0.483. The van der Waals surface area contributed by atoms with Crippen molar-refractivity contribution < 1.29 is 48.1 Å². The first kappa shape index (κ1) is 52.4. The van der Waals surface area contributed by atoms with Gasteiger partial charge in [-0.15, -0.1) is 69.1 Å².